The lowest BCUT2D eigenvalue weighted by molar-refractivity contribution is -0.129. The highest BCUT2D eigenvalue weighted by atomic mass is 32.2. The third-order valence-corrected chi connectivity index (χ3v) is 6.56. The molecule has 0 aliphatic carbocycles. The average molecular weight is 458 g/mol. The Morgan fingerprint density at radius 3 is 2.50 bits per heavy atom. The van der Waals surface area contributed by atoms with Crippen LogP contribution in [0.25, 0.3) is 10.9 Å². The van der Waals surface area contributed by atoms with Crippen molar-refractivity contribution < 1.29 is 18.0 Å². The Bertz CT molecular complexity index is 1330. The van der Waals surface area contributed by atoms with Gasteiger partial charge in [0.1, 0.15) is 5.82 Å². The SMILES string of the molecule is CN(Cc1nc2ccccc2c(=O)[nH]1)C(=O)CNC(=O)c1cccc(S(=O)(=O)N(C)C)c1. The van der Waals surface area contributed by atoms with Crippen molar-refractivity contribution in [1.82, 2.24) is 24.5 Å². The molecule has 1 aromatic heterocycles. The maximum atomic E-state index is 12.4. The van der Waals surface area contributed by atoms with Gasteiger partial charge in [0, 0.05) is 26.7 Å². The zero-order valence-electron chi connectivity index (χ0n) is 17.8. The van der Waals surface area contributed by atoms with Crippen LogP contribution in [0.3, 0.4) is 0 Å². The number of fused-ring (bicyclic) bond motifs is 1. The molecule has 0 fully saturated rings. The van der Waals surface area contributed by atoms with E-state index in [1.165, 1.54) is 50.3 Å². The molecule has 2 amide bonds. The fourth-order valence-corrected chi connectivity index (χ4v) is 3.87. The Kier molecular flexibility index (Phi) is 6.70. The van der Waals surface area contributed by atoms with Crippen molar-refractivity contribution in [2.24, 2.45) is 0 Å². The predicted molar refractivity (Wildman–Crippen MR) is 118 cm³/mol. The van der Waals surface area contributed by atoms with Crippen LogP contribution >= 0.6 is 0 Å². The number of hydrogen-bond donors (Lipinski definition) is 2. The number of sulfonamides is 1. The second-order valence-electron chi connectivity index (χ2n) is 7.28. The van der Waals surface area contributed by atoms with Crippen molar-refractivity contribution in [2.75, 3.05) is 27.7 Å². The molecule has 0 atom stereocenters. The minimum Gasteiger partial charge on any atom is -0.343 e. The van der Waals surface area contributed by atoms with Crippen LogP contribution in [0.5, 0.6) is 0 Å². The number of likely N-dealkylation sites (N-methyl/N-ethyl adjacent to an activating group) is 1. The Labute approximate surface area is 184 Å². The van der Waals surface area contributed by atoms with Crippen molar-refractivity contribution in [2.45, 2.75) is 11.4 Å². The summed E-state index contributed by atoms with van der Waals surface area (Å²) in [7, 11) is 0.627. The molecular formula is C21H23N5O5S. The summed E-state index contributed by atoms with van der Waals surface area (Å²) in [5, 5.41) is 2.94. The first-order valence-electron chi connectivity index (χ1n) is 9.62. The zero-order valence-corrected chi connectivity index (χ0v) is 18.6. The summed E-state index contributed by atoms with van der Waals surface area (Å²) in [5.74, 6) is -0.677. The summed E-state index contributed by atoms with van der Waals surface area (Å²) in [4.78, 5) is 45.3. The highest BCUT2D eigenvalue weighted by molar-refractivity contribution is 7.89. The molecule has 0 bridgehead atoms. The van der Waals surface area contributed by atoms with Crippen molar-refractivity contribution in [3.63, 3.8) is 0 Å². The quantitative estimate of drug-likeness (QED) is 0.533. The Hall–Kier alpha value is -3.57. The highest BCUT2D eigenvalue weighted by Crippen LogP contribution is 2.15. The molecule has 168 valence electrons. The van der Waals surface area contributed by atoms with Crippen LogP contribution in [0.15, 0.2) is 58.2 Å². The standard InChI is InChI=1S/C21H23N5O5S/c1-25(2)32(30,31)15-8-6-7-14(11-15)20(28)22-12-19(27)26(3)13-18-23-17-10-5-4-9-16(17)21(29)24-18/h4-11H,12-13H2,1-3H3,(H,22,28)(H,23,24,29). The molecule has 2 aromatic carbocycles. The van der Waals surface area contributed by atoms with E-state index in [2.05, 4.69) is 15.3 Å². The molecule has 2 N–H and O–H groups in total. The minimum absolute atomic E-state index is 0.0232. The number of para-hydroxylation sites is 1. The summed E-state index contributed by atoms with van der Waals surface area (Å²) in [5.41, 5.74) is 0.337. The first kappa shape index (κ1) is 23.1. The van der Waals surface area contributed by atoms with Crippen LogP contribution in [-0.4, -0.2) is 67.1 Å². The molecule has 0 aliphatic heterocycles. The van der Waals surface area contributed by atoms with Crippen LogP contribution < -0.4 is 10.9 Å². The van der Waals surface area contributed by atoms with Gasteiger partial charge in [-0.05, 0) is 30.3 Å². The topological polar surface area (TPSA) is 133 Å². The number of carbonyl (C=O) groups excluding carboxylic acids is 2. The number of rotatable bonds is 7. The van der Waals surface area contributed by atoms with E-state index in [-0.39, 0.29) is 29.1 Å². The molecule has 0 radical (unpaired) electrons. The largest absolute Gasteiger partial charge is 0.343 e. The van der Waals surface area contributed by atoms with Crippen LogP contribution in [0, 0.1) is 0 Å². The fourth-order valence-electron chi connectivity index (χ4n) is 2.92. The first-order valence-corrected chi connectivity index (χ1v) is 11.1. The van der Waals surface area contributed by atoms with Crippen molar-refractivity contribution in [1.29, 1.82) is 0 Å². The fraction of sp³-hybridized carbons (Fsp3) is 0.238. The molecule has 0 spiro atoms. The monoisotopic (exact) mass is 457 g/mol. The number of nitrogens with one attached hydrogen (secondary N) is 2. The van der Waals surface area contributed by atoms with Crippen LogP contribution in [0.1, 0.15) is 16.2 Å². The smallest absolute Gasteiger partial charge is 0.258 e. The Balaban J connectivity index is 1.64. The van der Waals surface area contributed by atoms with E-state index in [1.807, 2.05) is 0 Å². The van der Waals surface area contributed by atoms with Gasteiger partial charge in [0.15, 0.2) is 0 Å². The highest BCUT2D eigenvalue weighted by Gasteiger charge is 2.19. The molecule has 11 heteroatoms. The number of amides is 2. The van der Waals surface area contributed by atoms with Crippen molar-refractivity contribution >= 4 is 32.7 Å². The van der Waals surface area contributed by atoms with Crippen LogP contribution in [0.2, 0.25) is 0 Å². The average Bonchev–Trinajstić information content (AvgIpc) is 2.77. The van der Waals surface area contributed by atoms with Gasteiger partial charge in [-0.1, -0.05) is 18.2 Å². The number of aromatic amines is 1. The van der Waals surface area contributed by atoms with Gasteiger partial charge in [0.25, 0.3) is 11.5 Å². The summed E-state index contributed by atoms with van der Waals surface area (Å²) < 4.78 is 25.5. The van der Waals surface area contributed by atoms with Gasteiger partial charge in [-0.15, -0.1) is 0 Å². The van der Waals surface area contributed by atoms with Crippen molar-refractivity contribution in [3.05, 3.63) is 70.3 Å². The molecule has 1 heterocycles. The Morgan fingerprint density at radius 2 is 1.78 bits per heavy atom. The number of aromatic nitrogens is 2. The lowest BCUT2D eigenvalue weighted by atomic mass is 10.2. The molecule has 0 saturated heterocycles. The lowest BCUT2D eigenvalue weighted by Gasteiger charge is -2.17. The molecule has 32 heavy (non-hydrogen) atoms. The van der Waals surface area contributed by atoms with E-state index in [1.54, 1.807) is 24.3 Å². The molecular weight excluding hydrogens is 434 g/mol. The molecule has 10 nitrogen and oxygen atoms in total. The van der Waals surface area contributed by atoms with Gasteiger partial charge in [-0.25, -0.2) is 17.7 Å². The normalized spacial score (nSPS) is 11.5. The molecule has 0 aliphatic rings. The molecule has 3 aromatic rings. The number of carbonyl (C=O) groups is 2. The van der Waals surface area contributed by atoms with E-state index in [0.29, 0.717) is 16.7 Å². The molecule has 3 rings (SSSR count). The Morgan fingerprint density at radius 1 is 1.06 bits per heavy atom. The first-order chi connectivity index (χ1) is 15.1. The summed E-state index contributed by atoms with van der Waals surface area (Å²) in [6.45, 7) is -0.261. The maximum Gasteiger partial charge on any atom is 0.258 e. The maximum absolute atomic E-state index is 12.4. The van der Waals surface area contributed by atoms with Crippen molar-refractivity contribution in [3.8, 4) is 0 Å². The number of hydrogen-bond acceptors (Lipinski definition) is 6. The number of H-pyrrole nitrogens is 1. The van der Waals surface area contributed by atoms with Crippen LogP contribution in [0.4, 0.5) is 0 Å². The van der Waals surface area contributed by atoms with Gasteiger partial charge < -0.3 is 15.2 Å². The number of benzene rings is 2. The van der Waals surface area contributed by atoms with Gasteiger partial charge in [-0.2, -0.15) is 0 Å². The second-order valence-corrected chi connectivity index (χ2v) is 9.43. The summed E-state index contributed by atoms with van der Waals surface area (Å²) >= 11 is 0. The van der Waals surface area contributed by atoms with E-state index in [0.717, 1.165) is 4.31 Å². The van der Waals surface area contributed by atoms with E-state index in [9.17, 15) is 22.8 Å². The van der Waals surface area contributed by atoms with Gasteiger partial charge >= 0.3 is 0 Å². The van der Waals surface area contributed by atoms with Gasteiger partial charge in [0.05, 0.1) is 28.9 Å². The molecule has 0 saturated carbocycles. The molecule has 0 unspecified atom stereocenters. The van der Waals surface area contributed by atoms with E-state index in [4.69, 9.17) is 0 Å². The summed E-state index contributed by atoms with van der Waals surface area (Å²) in [6.07, 6.45) is 0. The second kappa shape index (κ2) is 9.28. The van der Waals surface area contributed by atoms with E-state index >= 15 is 0 Å². The summed E-state index contributed by atoms with van der Waals surface area (Å²) in [6, 6.07) is 12.4. The third kappa shape index (κ3) is 5.01. The minimum atomic E-state index is -3.69. The third-order valence-electron chi connectivity index (χ3n) is 4.75. The van der Waals surface area contributed by atoms with Crippen LogP contribution in [-0.2, 0) is 21.4 Å². The van der Waals surface area contributed by atoms with E-state index < -0.39 is 21.8 Å². The predicted octanol–water partition coefficient (Wildman–Crippen LogP) is 0.562. The number of nitrogens with zero attached hydrogens (tertiary/aromatic N) is 3. The van der Waals surface area contributed by atoms with Gasteiger partial charge in [0.2, 0.25) is 15.9 Å². The zero-order chi connectivity index (χ0) is 23.5. The van der Waals surface area contributed by atoms with Gasteiger partial charge in [-0.3, -0.25) is 14.4 Å². The lowest BCUT2D eigenvalue weighted by Crippen LogP contribution is -2.38.